The first-order valence-electron chi connectivity index (χ1n) is 12.8. The molecule has 1 aliphatic rings. The molecule has 0 aromatic heterocycles. The molecule has 7 heteroatoms. The molecule has 1 aliphatic heterocycles. The molecule has 0 radical (unpaired) electrons. The van der Waals surface area contributed by atoms with Crippen molar-refractivity contribution < 1.29 is 23.8 Å². The Morgan fingerprint density at radius 3 is 2.24 bits per heavy atom. The maximum atomic E-state index is 13.3. The second kappa shape index (κ2) is 12.8. The fraction of sp³-hybridized carbons (Fsp3) is 0.290. The fourth-order valence-corrected chi connectivity index (χ4v) is 4.34. The summed E-state index contributed by atoms with van der Waals surface area (Å²) >= 11 is 0. The highest BCUT2D eigenvalue weighted by Gasteiger charge is 2.19. The van der Waals surface area contributed by atoms with Gasteiger partial charge in [0.15, 0.2) is 6.61 Å². The lowest BCUT2D eigenvalue weighted by Crippen LogP contribution is -2.38. The normalized spacial score (nSPS) is 13.3. The van der Waals surface area contributed by atoms with E-state index >= 15 is 0 Å². The molecule has 0 spiro atoms. The van der Waals surface area contributed by atoms with E-state index in [2.05, 4.69) is 5.32 Å². The van der Waals surface area contributed by atoms with E-state index in [1.807, 2.05) is 72.5 Å². The molecule has 3 aromatic rings. The van der Waals surface area contributed by atoms with Crippen LogP contribution in [0.3, 0.4) is 0 Å². The van der Waals surface area contributed by atoms with E-state index in [1.165, 1.54) is 13.5 Å². The number of amides is 2. The quantitative estimate of drug-likeness (QED) is 0.364. The zero-order valence-corrected chi connectivity index (χ0v) is 22.2. The van der Waals surface area contributed by atoms with Crippen LogP contribution in [0, 0.1) is 6.92 Å². The van der Waals surface area contributed by atoms with Crippen molar-refractivity contribution in [1.29, 1.82) is 0 Å². The molecule has 0 unspecified atom stereocenters. The van der Waals surface area contributed by atoms with Crippen molar-refractivity contribution in [3.05, 3.63) is 82.9 Å². The van der Waals surface area contributed by atoms with Gasteiger partial charge in [0, 0.05) is 24.8 Å². The number of anilines is 1. The van der Waals surface area contributed by atoms with Crippen molar-refractivity contribution in [2.45, 2.75) is 26.2 Å². The second-order valence-electron chi connectivity index (χ2n) is 9.25. The Morgan fingerprint density at radius 1 is 0.868 bits per heavy atom. The predicted octanol–water partition coefficient (Wildman–Crippen LogP) is 5.83. The summed E-state index contributed by atoms with van der Waals surface area (Å²) in [4.78, 5) is 27.5. The molecule has 2 amide bonds. The van der Waals surface area contributed by atoms with Crippen molar-refractivity contribution in [3.63, 3.8) is 0 Å². The predicted molar refractivity (Wildman–Crippen MR) is 150 cm³/mol. The van der Waals surface area contributed by atoms with Crippen molar-refractivity contribution in [2.24, 2.45) is 0 Å². The summed E-state index contributed by atoms with van der Waals surface area (Å²) in [6, 6.07) is 18.6. The van der Waals surface area contributed by atoms with E-state index in [4.69, 9.17) is 14.2 Å². The molecule has 1 N–H and O–H groups in total. The van der Waals surface area contributed by atoms with Crippen LogP contribution in [0.15, 0.2) is 60.7 Å². The number of nitrogens with one attached hydrogen (secondary N) is 1. The summed E-state index contributed by atoms with van der Waals surface area (Å²) in [5.74, 6) is 1.37. The SMILES string of the molecule is COc1cc(C=Cc2ccc(OCC(=O)N3CCCCC3)cc2)c(C(=O)Nc2ccc(C)cc2)c(OC)c1. The number of rotatable bonds is 9. The molecule has 1 heterocycles. The summed E-state index contributed by atoms with van der Waals surface area (Å²) in [7, 11) is 3.10. The van der Waals surface area contributed by atoms with Gasteiger partial charge in [-0.05, 0) is 67.6 Å². The van der Waals surface area contributed by atoms with Gasteiger partial charge in [-0.15, -0.1) is 0 Å². The van der Waals surface area contributed by atoms with E-state index in [0.717, 1.165) is 37.1 Å². The summed E-state index contributed by atoms with van der Waals surface area (Å²) in [5, 5.41) is 2.95. The summed E-state index contributed by atoms with van der Waals surface area (Å²) in [6.07, 6.45) is 7.05. The van der Waals surface area contributed by atoms with Crippen molar-refractivity contribution in [1.82, 2.24) is 4.90 Å². The Balaban J connectivity index is 1.49. The monoisotopic (exact) mass is 514 g/mol. The number of carbonyl (C=O) groups is 2. The number of methoxy groups -OCH3 is 2. The molecule has 198 valence electrons. The van der Waals surface area contributed by atoms with Crippen LogP contribution in [0.25, 0.3) is 12.2 Å². The van der Waals surface area contributed by atoms with E-state index in [9.17, 15) is 9.59 Å². The van der Waals surface area contributed by atoms with Crippen molar-refractivity contribution in [2.75, 3.05) is 39.2 Å². The van der Waals surface area contributed by atoms with Crippen LogP contribution in [-0.4, -0.2) is 50.6 Å². The van der Waals surface area contributed by atoms with E-state index in [1.54, 1.807) is 19.2 Å². The van der Waals surface area contributed by atoms with Gasteiger partial charge in [-0.2, -0.15) is 0 Å². The second-order valence-corrected chi connectivity index (χ2v) is 9.25. The Morgan fingerprint density at radius 2 is 1.58 bits per heavy atom. The molecule has 38 heavy (non-hydrogen) atoms. The van der Waals surface area contributed by atoms with Gasteiger partial charge in [-0.25, -0.2) is 0 Å². The number of nitrogens with zero attached hydrogens (tertiary/aromatic N) is 1. The van der Waals surface area contributed by atoms with Crippen LogP contribution >= 0.6 is 0 Å². The summed E-state index contributed by atoms with van der Waals surface area (Å²) < 4.78 is 16.7. The third-order valence-corrected chi connectivity index (χ3v) is 6.50. The number of piperidine rings is 1. The first kappa shape index (κ1) is 26.8. The molecule has 4 rings (SSSR count). The maximum absolute atomic E-state index is 13.3. The minimum Gasteiger partial charge on any atom is -0.497 e. The van der Waals surface area contributed by atoms with Crippen LogP contribution < -0.4 is 19.5 Å². The third-order valence-electron chi connectivity index (χ3n) is 6.50. The Bertz CT molecular complexity index is 1280. The zero-order valence-electron chi connectivity index (χ0n) is 22.2. The fourth-order valence-electron chi connectivity index (χ4n) is 4.34. The largest absolute Gasteiger partial charge is 0.497 e. The standard InChI is InChI=1S/C31H34N2O5/c1-22-7-13-25(14-8-22)32-31(35)30-24(19-27(36-2)20-28(30)37-3)12-9-23-10-15-26(16-11-23)38-21-29(34)33-17-5-4-6-18-33/h7-16,19-20H,4-6,17-18,21H2,1-3H3,(H,32,35). The molecule has 7 nitrogen and oxygen atoms in total. The Hall–Kier alpha value is -4.26. The zero-order chi connectivity index (χ0) is 26.9. The number of hydrogen-bond acceptors (Lipinski definition) is 5. The van der Waals surface area contributed by atoms with Crippen LogP contribution in [0.2, 0.25) is 0 Å². The lowest BCUT2D eigenvalue weighted by molar-refractivity contribution is -0.134. The molecule has 0 aliphatic carbocycles. The maximum Gasteiger partial charge on any atom is 0.260 e. The molecule has 0 bridgehead atoms. The van der Waals surface area contributed by atoms with Gasteiger partial charge in [-0.1, -0.05) is 42.0 Å². The van der Waals surface area contributed by atoms with E-state index < -0.39 is 0 Å². The average Bonchev–Trinajstić information content (AvgIpc) is 2.96. The summed E-state index contributed by atoms with van der Waals surface area (Å²) in [5.41, 5.74) is 3.77. The number of hydrogen-bond donors (Lipinski definition) is 1. The van der Waals surface area contributed by atoms with Crippen LogP contribution in [0.4, 0.5) is 5.69 Å². The molecule has 1 fully saturated rings. The van der Waals surface area contributed by atoms with E-state index in [-0.39, 0.29) is 18.4 Å². The highest BCUT2D eigenvalue weighted by Crippen LogP contribution is 2.31. The first-order chi connectivity index (χ1) is 18.5. The van der Waals surface area contributed by atoms with Gasteiger partial charge >= 0.3 is 0 Å². The Labute approximate surface area is 224 Å². The molecule has 3 aromatic carbocycles. The minimum absolute atomic E-state index is 0.0251. The van der Waals surface area contributed by atoms with Gasteiger partial charge < -0.3 is 24.4 Å². The number of likely N-dealkylation sites (tertiary alicyclic amines) is 1. The first-order valence-corrected chi connectivity index (χ1v) is 12.8. The van der Waals surface area contributed by atoms with Crippen molar-refractivity contribution in [3.8, 4) is 17.2 Å². The van der Waals surface area contributed by atoms with Gasteiger partial charge in [-0.3, -0.25) is 9.59 Å². The van der Waals surface area contributed by atoms with Crippen molar-refractivity contribution >= 4 is 29.7 Å². The number of ether oxygens (including phenoxy) is 3. The Kier molecular flexibility index (Phi) is 9.03. The van der Waals surface area contributed by atoms with Gasteiger partial charge in [0.2, 0.25) is 0 Å². The number of benzene rings is 3. The third kappa shape index (κ3) is 6.94. The highest BCUT2D eigenvalue weighted by atomic mass is 16.5. The number of aryl methyl sites for hydroxylation is 1. The molecular formula is C31H34N2O5. The van der Waals surface area contributed by atoms with Crippen LogP contribution in [0.1, 0.15) is 46.3 Å². The molecule has 0 atom stereocenters. The number of carbonyl (C=O) groups excluding carboxylic acids is 2. The van der Waals surface area contributed by atoms with Crippen LogP contribution in [-0.2, 0) is 4.79 Å². The lowest BCUT2D eigenvalue weighted by Gasteiger charge is -2.26. The molecule has 1 saturated heterocycles. The van der Waals surface area contributed by atoms with Crippen LogP contribution in [0.5, 0.6) is 17.2 Å². The smallest absolute Gasteiger partial charge is 0.260 e. The summed E-state index contributed by atoms with van der Waals surface area (Å²) in [6.45, 7) is 3.66. The molecular weight excluding hydrogens is 480 g/mol. The topological polar surface area (TPSA) is 77.1 Å². The highest BCUT2D eigenvalue weighted by molar-refractivity contribution is 6.09. The van der Waals surface area contributed by atoms with E-state index in [0.29, 0.717) is 34.1 Å². The minimum atomic E-state index is -0.282. The average molecular weight is 515 g/mol. The van der Waals surface area contributed by atoms with Gasteiger partial charge in [0.1, 0.15) is 17.2 Å². The lowest BCUT2D eigenvalue weighted by atomic mass is 10.0. The van der Waals surface area contributed by atoms with Gasteiger partial charge in [0.05, 0.1) is 19.8 Å². The molecule has 0 saturated carbocycles. The van der Waals surface area contributed by atoms with Gasteiger partial charge in [0.25, 0.3) is 11.8 Å².